The maximum absolute atomic E-state index is 12.4. The molecule has 3 heterocycles. The predicted octanol–water partition coefficient (Wildman–Crippen LogP) is 2.66. The van der Waals surface area contributed by atoms with Gasteiger partial charge in [-0.2, -0.15) is 4.98 Å². The van der Waals surface area contributed by atoms with Crippen LogP contribution in [0.5, 0.6) is 0 Å². The first-order valence-electron chi connectivity index (χ1n) is 8.14. The number of carbonyl (C=O) groups excluding carboxylic acids is 1. The van der Waals surface area contributed by atoms with Gasteiger partial charge in [0, 0.05) is 40.3 Å². The summed E-state index contributed by atoms with van der Waals surface area (Å²) < 4.78 is 0. The standard InChI is InChI=1S/C18H16ClN5O2/c1-9(13-6-10-5-12(19)3-4-14(10)22-17(13)26)21-18-20-8-11-7-15(25)24(2)16(11)23-18/h3-6,8-9H,7H2,1-2H3,(H,22,26)(H,20,21,23)/t9-/m0/s1. The minimum absolute atomic E-state index is 0.0117. The zero-order chi connectivity index (χ0) is 18.4. The van der Waals surface area contributed by atoms with Crippen molar-refractivity contribution in [2.45, 2.75) is 19.4 Å². The fraction of sp³-hybridized carbons (Fsp3) is 0.222. The lowest BCUT2D eigenvalue weighted by atomic mass is 10.1. The molecule has 1 aliphatic heterocycles. The number of H-pyrrole nitrogens is 1. The number of pyridine rings is 1. The van der Waals surface area contributed by atoms with Gasteiger partial charge in [-0.25, -0.2) is 4.98 Å². The molecule has 1 atom stereocenters. The Hall–Kier alpha value is -2.93. The molecule has 26 heavy (non-hydrogen) atoms. The number of amides is 1. The summed E-state index contributed by atoms with van der Waals surface area (Å²) in [5.74, 6) is 0.949. The van der Waals surface area contributed by atoms with Crippen molar-refractivity contribution in [2.24, 2.45) is 0 Å². The van der Waals surface area contributed by atoms with E-state index >= 15 is 0 Å². The molecule has 0 fully saturated rings. The Balaban J connectivity index is 1.66. The normalized spacial score (nSPS) is 14.6. The average molecular weight is 370 g/mol. The van der Waals surface area contributed by atoms with E-state index in [4.69, 9.17) is 11.6 Å². The van der Waals surface area contributed by atoms with Crippen LogP contribution in [0.4, 0.5) is 11.8 Å². The van der Waals surface area contributed by atoms with E-state index in [1.54, 1.807) is 37.5 Å². The van der Waals surface area contributed by atoms with Crippen LogP contribution in [0.3, 0.4) is 0 Å². The number of nitrogens with zero attached hydrogens (tertiary/aromatic N) is 3. The van der Waals surface area contributed by atoms with Gasteiger partial charge < -0.3 is 10.3 Å². The molecule has 1 aromatic carbocycles. The number of hydrogen-bond acceptors (Lipinski definition) is 5. The summed E-state index contributed by atoms with van der Waals surface area (Å²) in [7, 11) is 1.69. The number of benzene rings is 1. The summed E-state index contributed by atoms with van der Waals surface area (Å²) in [6, 6.07) is 6.79. The number of aromatic amines is 1. The smallest absolute Gasteiger partial charge is 0.253 e. The van der Waals surface area contributed by atoms with Gasteiger partial charge in [-0.15, -0.1) is 0 Å². The summed E-state index contributed by atoms with van der Waals surface area (Å²) in [6.45, 7) is 1.85. The topological polar surface area (TPSA) is 91.0 Å². The number of aromatic nitrogens is 3. The minimum atomic E-state index is -0.331. The highest BCUT2D eigenvalue weighted by atomic mass is 35.5. The molecule has 0 radical (unpaired) electrons. The molecule has 1 amide bonds. The van der Waals surface area contributed by atoms with Crippen LogP contribution in [-0.2, 0) is 11.2 Å². The molecule has 7 nitrogen and oxygen atoms in total. The molecule has 0 unspecified atom stereocenters. The molecule has 8 heteroatoms. The number of halogens is 1. The van der Waals surface area contributed by atoms with Crippen molar-refractivity contribution in [2.75, 3.05) is 17.3 Å². The quantitative estimate of drug-likeness (QED) is 0.740. The molecule has 132 valence electrons. The molecule has 0 aliphatic carbocycles. The van der Waals surface area contributed by atoms with Crippen LogP contribution in [0.1, 0.15) is 24.1 Å². The molecule has 3 aromatic rings. The highest BCUT2D eigenvalue weighted by molar-refractivity contribution is 6.31. The van der Waals surface area contributed by atoms with E-state index < -0.39 is 0 Å². The zero-order valence-corrected chi connectivity index (χ0v) is 15.0. The Morgan fingerprint density at radius 1 is 1.31 bits per heavy atom. The van der Waals surface area contributed by atoms with Crippen LogP contribution in [0.2, 0.25) is 5.02 Å². The summed E-state index contributed by atoms with van der Waals surface area (Å²) in [6.07, 6.45) is 1.95. The third-order valence-corrected chi connectivity index (χ3v) is 4.76. The third kappa shape index (κ3) is 2.80. The zero-order valence-electron chi connectivity index (χ0n) is 14.2. The van der Waals surface area contributed by atoms with Crippen molar-refractivity contribution < 1.29 is 4.79 Å². The third-order valence-electron chi connectivity index (χ3n) is 4.52. The van der Waals surface area contributed by atoms with Crippen molar-refractivity contribution in [3.05, 3.63) is 57.0 Å². The van der Waals surface area contributed by atoms with Crippen LogP contribution in [0.15, 0.2) is 35.3 Å². The summed E-state index contributed by atoms with van der Waals surface area (Å²) >= 11 is 6.04. The monoisotopic (exact) mass is 369 g/mol. The van der Waals surface area contributed by atoms with Gasteiger partial charge in [0.1, 0.15) is 5.82 Å². The molecular weight excluding hydrogens is 354 g/mol. The largest absolute Gasteiger partial charge is 0.347 e. The summed E-state index contributed by atoms with van der Waals surface area (Å²) in [4.78, 5) is 37.2. The van der Waals surface area contributed by atoms with Gasteiger partial charge >= 0.3 is 0 Å². The van der Waals surface area contributed by atoms with E-state index in [0.29, 0.717) is 28.8 Å². The van der Waals surface area contributed by atoms with E-state index in [1.807, 2.05) is 6.92 Å². The van der Waals surface area contributed by atoms with Gasteiger partial charge in [0.15, 0.2) is 0 Å². The van der Waals surface area contributed by atoms with E-state index in [2.05, 4.69) is 20.3 Å². The number of nitrogens with one attached hydrogen (secondary N) is 2. The lowest BCUT2D eigenvalue weighted by molar-refractivity contribution is -0.117. The SMILES string of the molecule is C[C@H](Nc1ncc2c(n1)N(C)C(=O)C2)c1cc2cc(Cl)ccc2[nH]c1=O. The number of fused-ring (bicyclic) bond motifs is 2. The maximum Gasteiger partial charge on any atom is 0.253 e. The summed E-state index contributed by atoms with van der Waals surface area (Å²) in [5, 5.41) is 4.58. The minimum Gasteiger partial charge on any atom is -0.347 e. The number of rotatable bonds is 3. The highest BCUT2D eigenvalue weighted by Gasteiger charge is 2.26. The Morgan fingerprint density at radius 3 is 2.92 bits per heavy atom. The van der Waals surface area contributed by atoms with Crippen LogP contribution in [0, 0.1) is 0 Å². The van der Waals surface area contributed by atoms with E-state index in [9.17, 15) is 9.59 Å². The molecule has 4 rings (SSSR count). The van der Waals surface area contributed by atoms with Gasteiger partial charge in [0.25, 0.3) is 5.56 Å². The molecule has 0 spiro atoms. The van der Waals surface area contributed by atoms with Gasteiger partial charge in [-0.05, 0) is 31.2 Å². The first-order chi connectivity index (χ1) is 12.4. The second kappa shape index (κ2) is 6.10. The number of carbonyl (C=O) groups is 1. The molecule has 2 N–H and O–H groups in total. The van der Waals surface area contributed by atoms with Crippen molar-refractivity contribution in [1.29, 1.82) is 0 Å². The maximum atomic E-state index is 12.4. The predicted molar refractivity (Wildman–Crippen MR) is 101 cm³/mol. The van der Waals surface area contributed by atoms with Crippen molar-refractivity contribution >= 4 is 40.2 Å². The molecule has 1 aliphatic rings. The van der Waals surface area contributed by atoms with Crippen LogP contribution in [-0.4, -0.2) is 27.9 Å². The second-order valence-corrected chi connectivity index (χ2v) is 6.76. The fourth-order valence-electron chi connectivity index (χ4n) is 3.07. The molecular formula is C18H16ClN5O2. The summed E-state index contributed by atoms with van der Waals surface area (Å²) in [5.41, 5.74) is 1.89. The van der Waals surface area contributed by atoms with Crippen molar-refractivity contribution in [1.82, 2.24) is 15.0 Å². The van der Waals surface area contributed by atoms with Crippen molar-refractivity contribution in [3.8, 4) is 0 Å². The molecule has 0 saturated carbocycles. The van der Waals surface area contributed by atoms with Gasteiger partial charge in [-0.1, -0.05) is 11.6 Å². The van der Waals surface area contributed by atoms with Crippen LogP contribution in [0.25, 0.3) is 10.9 Å². The Morgan fingerprint density at radius 2 is 2.12 bits per heavy atom. The van der Waals surface area contributed by atoms with Gasteiger partial charge in [-0.3, -0.25) is 14.5 Å². The highest BCUT2D eigenvalue weighted by Crippen LogP contribution is 2.26. The second-order valence-electron chi connectivity index (χ2n) is 6.32. The van der Waals surface area contributed by atoms with E-state index in [1.165, 1.54) is 4.90 Å². The first kappa shape index (κ1) is 16.5. The Bertz CT molecular complexity index is 1090. The Labute approximate surface area is 154 Å². The molecule has 0 saturated heterocycles. The lowest BCUT2D eigenvalue weighted by Gasteiger charge is -2.15. The fourth-order valence-corrected chi connectivity index (χ4v) is 3.25. The number of hydrogen-bond donors (Lipinski definition) is 2. The van der Waals surface area contributed by atoms with Gasteiger partial charge in [0.05, 0.1) is 12.5 Å². The van der Waals surface area contributed by atoms with Gasteiger partial charge in [0.2, 0.25) is 11.9 Å². The lowest BCUT2D eigenvalue weighted by Crippen LogP contribution is -2.22. The van der Waals surface area contributed by atoms with Crippen LogP contribution < -0.4 is 15.8 Å². The number of anilines is 2. The molecule has 2 aromatic heterocycles. The Kier molecular flexibility index (Phi) is 3.88. The molecule has 0 bridgehead atoms. The van der Waals surface area contributed by atoms with Crippen LogP contribution >= 0.6 is 11.6 Å². The van der Waals surface area contributed by atoms with E-state index in [-0.39, 0.29) is 17.5 Å². The average Bonchev–Trinajstić information content (AvgIpc) is 2.89. The number of likely N-dealkylation sites (N-methyl/N-ethyl adjacent to an activating group) is 1. The first-order valence-corrected chi connectivity index (χ1v) is 8.51. The van der Waals surface area contributed by atoms with Crippen molar-refractivity contribution in [3.63, 3.8) is 0 Å². The van der Waals surface area contributed by atoms with E-state index in [0.717, 1.165) is 16.5 Å².